The third kappa shape index (κ3) is 5.04. The average Bonchev–Trinajstić information content (AvgIpc) is 2.62. The molecule has 26 heavy (non-hydrogen) atoms. The zero-order valence-electron chi connectivity index (χ0n) is 13.7. The quantitative estimate of drug-likeness (QED) is 0.512. The van der Waals surface area contributed by atoms with E-state index in [0.29, 0.717) is 5.56 Å². The smallest absolute Gasteiger partial charge is 0.321 e. The average molecular weight is 416 g/mol. The molecule has 0 radical (unpaired) electrons. The second-order valence-electron chi connectivity index (χ2n) is 5.29. The van der Waals surface area contributed by atoms with Crippen LogP contribution in [0.15, 0.2) is 53.4 Å². The van der Waals surface area contributed by atoms with Crippen molar-refractivity contribution in [2.24, 2.45) is 0 Å². The Hall–Kier alpha value is -1.93. The van der Waals surface area contributed by atoms with Gasteiger partial charge in [0.05, 0.1) is 5.02 Å². The fourth-order valence-electron chi connectivity index (χ4n) is 2.01. The molecule has 0 N–H and O–H groups in total. The summed E-state index contributed by atoms with van der Waals surface area (Å²) in [5.41, 5.74) is 0.395. The van der Waals surface area contributed by atoms with Crippen molar-refractivity contribution < 1.29 is 22.7 Å². The fraction of sp³-hybridized carbons (Fsp3) is 0.176. The molecule has 9 heteroatoms. The molecule has 0 fully saturated rings. The zero-order chi connectivity index (χ0) is 19.3. The van der Waals surface area contributed by atoms with Crippen molar-refractivity contribution >= 4 is 45.0 Å². The summed E-state index contributed by atoms with van der Waals surface area (Å²) in [5.74, 6) is -1.25. The second kappa shape index (κ2) is 8.64. The van der Waals surface area contributed by atoms with Gasteiger partial charge in [0, 0.05) is 17.6 Å². The fourth-order valence-corrected chi connectivity index (χ4v) is 3.86. The Balaban J connectivity index is 2.00. The number of ether oxygens (including phenoxy) is 1. The zero-order valence-corrected chi connectivity index (χ0v) is 16.0. The predicted molar refractivity (Wildman–Crippen MR) is 98.0 cm³/mol. The maximum atomic E-state index is 12.5. The van der Waals surface area contributed by atoms with Crippen LogP contribution in [0.25, 0.3) is 0 Å². The van der Waals surface area contributed by atoms with Crippen molar-refractivity contribution in [3.05, 3.63) is 64.1 Å². The van der Waals surface area contributed by atoms with E-state index in [1.807, 2.05) is 0 Å². The third-order valence-corrected chi connectivity index (χ3v) is 5.91. The van der Waals surface area contributed by atoms with Crippen LogP contribution in [0.4, 0.5) is 0 Å². The third-order valence-electron chi connectivity index (χ3n) is 3.39. The number of rotatable bonds is 7. The van der Waals surface area contributed by atoms with E-state index in [2.05, 4.69) is 0 Å². The van der Waals surface area contributed by atoms with Crippen LogP contribution in [-0.2, 0) is 19.6 Å². The summed E-state index contributed by atoms with van der Waals surface area (Å²) in [6, 6.07) is 12.3. The summed E-state index contributed by atoms with van der Waals surface area (Å²) in [4.78, 5) is 23.6. The molecule has 2 aromatic rings. The van der Waals surface area contributed by atoms with Gasteiger partial charge in [-0.25, -0.2) is 8.42 Å². The summed E-state index contributed by atoms with van der Waals surface area (Å²) < 4.78 is 30.7. The molecule has 0 atom stereocenters. The molecule has 0 saturated heterocycles. The van der Waals surface area contributed by atoms with E-state index in [0.717, 1.165) is 4.31 Å². The van der Waals surface area contributed by atoms with E-state index < -0.39 is 29.1 Å². The van der Waals surface area contributed by atoms with Crippen molar-refractivity contribution in [3.8, 4) is 0 Å². The molecule has 0 aliphatic carbocycles. The van der Waals surface area contributed by atoms with Crippen molar-refractivity contribution in [1.82, 2.24) is 4.31 Å². The molecule has 6 nitrogen and oxygen atoms in total. The van der Waals surface area contributed by atoms with Gasteiger partial charge in [-0.15, -0.1) is 0 Å². The van der Waals surface area contributed by atoms with Gasteiger partial charge in [0.1, 0.15) is 11.4 Å². The summed E-state index contributed by atoms with van der Waals surface area (Å²) in [6.07, 6.45) is 0. The molecule has 0 aromatic heterocycles. The van der Waals surface area contributed by atoms with Crippen LogP contribution >= 0.6 is 23.2 Å². The normalized spacial score (nSPS) is 11.4. The van der Waals surface area contributed by atoms with Gasteiger partial charge in [0.25, 0.3) is 0 Å². The first-order valence-corrected chi connectivity index (χ1v) is 9.56. The van der Waals surface area contributed by atoms with Crippen LogP contribution in [0, 0.1) is 0 Å². The number of likely N-dealkylation sites (N-methyl/N-ethyl adjacent to an activating group) is 1. The van der Waals surface area contributed by atoms with E-state index in [-0.39, 0.29) is 20.7 Å². The molecule has 0 aliphatic heterocycles. The number of ketones is 1. The predicted octanol–water partition coefficient (Wildman–Crippen LogP) is 3.04. The minimum Gasteiger partial charge on any atom is -0.456 e. The number of Topliss-reactive ketones (excluding diaryl/α,β-unsaturated/α-hetero) is 1. The summed E-state index contributed by atoms with van der Waals surface area (Å²) in [5, 5.41) is 0.172. The highest BCUT2D eigenvalue weighted by molar-refractivity contribution is 7.89. The maximum absolute atomic E-state index is 12.5. The minimum atomic E-state index is -4.05. The van der Waals surface area contributed by atoms with Gasteiger partial charge in [0.15, 0.2) is 12.4 Å². The lowest BCUT2D eigenvalue weighted by Gasteiger charge is -2.17. The van der Waals surface area contributed by atoms with Gasteiger partial charge in [0.2, 0.25) is 10.0 Å². The molecule has 138 valence electrons. The molecule has 2 aromatic carbocycles. The van der Waals surface area contributed by atoms with Crippen molar-refractivity contribution in [2.45, 2.75) is 4.90 Å². The molecule has 0 aliphatic rings. The van der Waals surface area contributed by atoms with Crippen LogP contribution in [0.5, 0.6) is 0 Å². The van der Waals surface area contributed by atoms with E-state index in [1.165, 1.54) is 25.2 Å². The monoisotopic (exact) mass is 415 g/mol. The number of nitrogens with zero attached hydrogens (tertiary/aromatic N) is 1. The molecule has 0 bridgehead atoms. The number of carbonyl (C=O) groups excluding carboxylic acids is 2. The van der Waals surface area contributed by atoms with Crippen molar-refractivity contribution in [1.29, 1.82) is 0 Å². The number of esters is 1. The highest BCUT2D eigenvalue weighted by Gasteiger charge is 2.26. The first-order chi connectivity index (χ1) is 12.2. The largest absolute Gasteiger partial charge is 0.456 e. The highest BCUT2D eigenvalue weighted by atomic mass is 35.5. The number of carbonyl (C=O) groups is 2. The summed E-state index contributed by atoms with van der Waals surface area (Å²) >= 11 is 11.7. The SMILES string of the molecule is CN(CC(=O)OCC(=O)c1ccccc1)S(=O)(=O)c1cc(Cl)ccc1Cl. The van der Waals surface area contributed by atoms with Crippen LogP contribution in [0.1, 0.15) is 10.4 Å². The van der Waals surface area contributed by atoms with Crippen molar-refractivity contribution in [2.75, 3.05) is 20.2 Å². The molecule has 0 unspecified atom stereocenters. The minimum absolute atomic E-state index is 0.0196. The number of benzene rings is 2. The second-order valence-corrected chi connectivity index (χ2v) is 8.14. The van der Waals surface area contributed by atoms with E-state index in [4.69, 9.17) is 27.9 Å². The Morgan fingerprint density at radius 3 is 2.38 bits per heavy atom. The number of hydrogen-bond acceptors (Lipinski definition) is 5. The van der Waals surface area contributed by atoms with Gasteiger partial charge >= 0.3 is 5.97 Å². The summed E-state index contributed by atoms with van der Waals surface area (Å²) in [6.45, 7) is -1.05. The van der Waals surface area contributed by atoms with Crippen LogP contribution in [-0.4, -0.2) is 44.7 Å². The Bertz CT molecular complexity index is 916. The van der Waals surface area contributed by atoms with E-state index in [9.17, 15) is 18.0 Å². The Morgan fingerprint density at radius 1 is 1.08 bits per heavy atom. The summed E-state index contributed by atoms with van der Waals surface area (Å²) in [7, 11) is -2.85. The van der Waals surface area contributed by atoms with E-state index >= 15 is 0 Å². The molecule has 0 amide bonds. The molecule has 2 rings (SSSR count). The van der Waals surface area contributed by atoms with E-state index in [1.54, 1.807) is 30.3 Å². The number of sulfonamides is 1. The molecule has 0 heterocycles. The van der Waals surface area contributed by atoms with Gasteiger partial charge in [-0.1, -0.05) is 53.5 Å². The lowest BCUT2D eigenvalue weighted by Crippen LogP contribution is -2.34. The first kappa shape index (κ1) is 20.4. The number of halogens is 2. The number of hydrogen-bond donors (Lipinski definition) is 0. The maximum Gasteiger partial charge on any atom is 0.321 e. The lowest BCUT2D eigenvalue weighted by atomic mass is 10.1. The van der Waals surface area contributed by atoms with Gasteiger partial charge in [-0.3, -0.25) is 9.59 Å². The first-order valence-electron chi connectivity index (χ1n) is 7.37. The standard InChI is InChI=1S/C17H15Cl2NO5S/c1-20(26(23,24)16-9-13(18)7-8-14(16)19)10-17(22)25-11-15(21)12-5-3-2-4-6-12/h2-9H,10-11H2,1H3. The topological polar surface area (TPSA) is 80.8 Å². The van der Waals surface area contributed by atoms with Crippen LogP contribution in [0.3, 0.4) is 0 Å². The molecule has 0 spiro atoms. The van der Waals surface area contributed by atoms with Gasteiger partial charge in [-0.05, 0) is 18.2 Å². The van der Waals surface area contributed by atoms with Crippen LogP contribution < -0.4 is 0 Å². The molecular weight excluding hydrogens is 401 g/mol. The Labute approximate surface area is 161 Å². The highest BCUT2D eigenvalue weighted by Crippen LogP contribution is 2.27. The van der Waals surface area contributed by atoms with Gasteiger partial charge in [-0.2, -0.15) is 4.31 Å². The van der Waals surface area contributed by atoms with Crippen LogP contribution in [0.2, 0.25) is 10.0 Å². The Morgan fingerprint density at radius 2 is 1.73 bits per heavy atom. The molecular formula is C17H15Cl2NO5S. The lowest BCUT2D eigenvalue weighted by molar-refractivity contribution is -0.142. The van der Waals surface area contributed by atoms with Crippen molar-refractivity contribution in [3.63, 3.8) is 0 Å². The Kier molecular flexibility index (Phi) is 6.77. The molecule has 0 saturated carbocycles. The van der Waals surface area contributed by atoms with Gasteiger partial charge < -0.3 is 4.74 Å².